The molecule has 0 unspecified atom stereocenters. The summed E-state index contributed by atoms with van der Waals surface area (Å²) >= 11 is 0. The van der Waals surface area contributed by atoms with E-state index in [9.17, 15) is 15.0 Å². The number of hydrogen-bond donors (Lipinski definition) is 2. The van der Waals surface area contributed by atoms with Crippen LogP contribution in [-0.2, 0) is 14.4 Å². The molecule has 5 rings (SSSR count). The molecule has 3 aliphatic carbocycles. The van der Waals surface area contributed by atoms with E-state index in [0.29, 0.717) is 26.0 Å². The van der Waals surface area contributed by atoms with Crippen molar-refractivity contribution in [1.82, 2.24) is 4.90 Å². The highest BCUT2D eigenvalue weighted by Crippen LogP contribution is 2.62. The van der Waals surface area contributed by atoms with Gasteiger partial charge in [-0.05, 0) is 101 Å². The standard InChI is InChI=1S/C41H60N2O7/c1-7-20-43(39(46)28-16-17-28)36-27-34(42-50-40(4,5)6)32-25-29(14-10-12-21-44)31(15-11-13-22-45)37-33-26-30(47-23-8-2)18-19-35(33)49-41(36,38(32)37)48-24-9-3/h8-9,18-19,25-26,28-29,31,36-38,44-45H,2-3,7,10-17,20-24,27H2,1,4-6H3/t29-,31+,36-,37+,38+,41+/m0/s1. The molecule has 0 radical (unpaired) electrons. The topological polar surface area (TPSA) is 110 Å². The third-order valence-electron chi connectivity index (χ3n) is 10.5. The van der Waals surface area contributed by atoms with Gasteiger partial charge in [-0.2, -0.15) is 0 Å². The molecular weight excluding hydrogens is 632 g/mol. The van der Waals surface area contributed by atoms with Crippen molar-refractivity contribution < 1.29 is 34.1 Å². The summed E-state index contributed by atoms with van der Waals surface area (Å²) in [6.45, 7) is 17.4. The van der Waals surface area contributed by atoms with Gasteiger partial charge in [0.05, 0.1) is 18.2 Å². The van der Waals surface area contributed by atoms with Crippen LogP contribution in [0.5, 0.6) is 11.5 Å². The second-order valence-electron chi connectivity index (χ2n) is 15.4. The lowest BCUT2D eigenvalue weighted by atomic mass is 9.55. The fourth-order valence-electron chi connectivity index (χ4n) is 8.31. The molecule has 0 spiro atoms. The minimum Gasteiger partial charge on any atom is -0.490 e. The highest BCUT2D eigenvalue weighted by molar-refractivity contribution is 6.03. The number of carbonyl (C=O) groups excluding carboxylic acids is 1. The number of unbranched alkanes of at least 4 members (excludes halogenated alkanes) is 2. The molecular formula is C41H60N2O7. The first-order valence-corrected chi connectivity index (χ1v) is 18.9. The van der Waals surface area contributed by atoms with Crippen molar-refractivity contribution in [3.8, 4) is 11.5 Å². The molecule has 1 aliphatic heterocycles. The van der Waals surface area contributed by atoms with Gasteiger partial charge in [0.15, 0.2) is 0 Å². The Bertz CT molecular complexity index is 1400. The number of aliphatic hydroxyl groups is 2. The molecule has 6 atom stereocenters. The van der Waals surface area contributed by atoms with Gasteiger partial charge in [0.1, 0.15) is 29.7 Å². The molecule has 9 heteroatoms. The molecule has 276 valence electrons. The molecule has 4 aliphatic rings. The lowest BCUT2D eigenvalue weighted by molar-refractivity contribution is -0.257. The summed E-state index contributed by atoms with van der Waals surface area (Å²) in [6, 6.07) is 5.57. The summed E-state index contributed by atoms with van der Waals surface area (Å²) in [6.07, 6.45) is 13.9. The van der Waals surface area contributed by atoms with Crippen LogP contribution in [0, 0.1) is 23.7 Å². The van der Waals surface area contributed by atoms with Gasteiger partial charge in [-0.1, -0.05) is 49.7 Å². The number of oxime groups is 1. The van der Waals surface area contributed by atoms with Crippen molar-refractivity contribution in [3.05, 3.63) is 60.7 Å². The summed E-state index contributed by atoms with van der Waals surface area (Å²) < 4.78 is 20.4. The Morgan fingerprint density at radius 2 is 1.80 bits per heavy atom. The van der Waals surface area contributed by atoms with Gasteiger partial charge in [0.2, 0.25) is 11.7 Å². The Balaban J connectivity index is 1.78. The summed E-state index contributed by atoms with van der Waals surface area (Å²) in [4.78, 5) is 22.4. The van der Waals surface area contributed by atoms with E-state index in [1.807, 2.05) is 37.8 Å². The van der Waals surface area contributed by atoms with Gasteiger partial charge in [-0.15, -0.1) is 6.58 Å². The predicted molar refractivity (Wildman–Crippen MR) is 196 cm³/mol. The number of rotatable bonds is 19. The number of nitrogens with zero attached hydrogens (tertiary/aromatic N) is 2. The average Bonchev–Trinajstić information content (AvgIpc) is 3.95. The zero-order valence-corrected chi connectivity index (χ0v) is 30.8. The van der Waals surface area contributed by atoms with E-state index in [2.05, 4.69) is 32.2 Å². The zero-order chi connectivity index (χ0) is 35.9. The van der Waals surface area contributed by atoms with Gasteiger partial charge >= 0.3 is 0 Å². The van der Waals surface area contributed by atoms with Crippen LogP contribution in [-0.4, -0.2) is 77.1 Å². The van der Waals surface area contributed by atoms with Crippen molar-refractivity contribution in [2.24, 2.45) is 28.8 Å². The molecule has 1 amide bonds. The molecule has 1 aromatic carbocycles. The van der Waals surface area contributed by atoms with Crippen LogP contribution >= 0.6 is 0 Å². The van der Waals surface area contributed by atoms with E-state index in [-0.39, 0.29) is 55.3 Å². The van der Waals surface area contributed by atoms with E-state index < -0.39 is 17.4 Å². The molecule has 0 bridgehead atoms. The van der Waals surface area contributed by atoms with E-state index in [1.165, 1.54) is 0 Å². The Kier molecular flexibility index (Phi) is 12.9. The molecule has 2 N–H and O–H groups in total. The van der Waals surface area contributed by atoms with Crippen LogP contribution in [0.4, 0.5) is 0 Å². The first-order valence-electron chi connectivity index (χ1n) is 18.9. The number of allylic oxidation sites excluding steroid dienone is 1. The average molecular weight is 693 g/mol. The normalized spacial score (nSPS) is 27.8. The van der Waals surface area contributed by atoms with Gasteiger partial charge in [0.25, 0.3) is 0 Å². The maximum atomic E-state index is 14.2. The molecule has 1 heterocycles. The molecule has 1 aromatic rings. The monoisotopic (exact) mass is 692 g/mol. The van der Waals surface area contributed by atoms with Crippen LogP contribution in [0.3, 0.4) is 0 Å². The number of hydrogen-bond acceptors (Lipinski definition) is 8. The molecule has 2 fully saturated rings. The fourth-order valence-corrected chi connectivity index (χ4v) is 8.31. The van der Waals surface area contributed by atoms with Crippen molar-refractivity contribution in [2.45, 2.75) is 115 Å². The number of fused-ring (bicyclic) bond motifs is 2. The molecule has 0 aromatic heterocycles. The lowest BCUT2D eigenvalue weighted by Gasteiger charge is -2.60. The minimum absolute atomic E-state index is 0.0193. The van der Waals surface area contributed by atoms with Gasteiger partial charge in [-0.25, -0.2) is 0 Å². The number of ether oxygens (including phenoxy) is 3. The summed E-state index contributed by atoms with van der Waals surface area (Å²) in [5.74, 6) is 0.379. The van der Waals surface area contributed by atoms with Gasteiger partial charge in [-0.3, -0.25) is 4.79 Å². The number of amides is 1. The summed E-state index contributed by atoms with van der Waals surface area (Å²) in [5, 5.41) is 24.5. The maximum Gasteiger partial charge on any atom is 0.239 e. The second-order valence-corrected chi connectivity index (χ2v) is 15.4. The predicted octanol–water partition coefficient (Wildman–Crippen LogP) is 7.33. The number of aliphatic hydroxyl groups excluding tert-OH is 2. The quantitative estimate of drug-likeness (QED) is 0.0888. The summed E-state index contributed by atoms with van der Waals surface area (Å²) in [5.41, 5.74) is 2.41. The van der Waals surface area contributed by atoms with Gasteiger partial charge < -0.3 is 34.2 Å². The molecule has 9 nitrogen and oxygen atoms in total. The Morgan fingerprint density at radius 1 is 1.08 bits per heavy atom. The van der Waals surface area contributed by atoms with E-state index in [4.69, 9.17) is 24.2 Å². The Morgan fingerprint density at radius 3 is 2.44 bits per heavy atom. The summed E-state index contributed by atoms with van der Waals surface area (Å²) in [7, 11) is 0. The van der Waals surface area contributed by atoms with Crippen molar-refractivity contribution in [3.63, 3.8) is 0 Å². The van der Waals surface area contributed by atoms with Crippen molar-refractivity contribution in [2.75, 3.05) is 33.0 Å². The van der Waals surface area contributed by atoms with Gasteiger partial charge in [0, 0.05) is 43.6 Å². The molecule has 50 heavy (non-hydrogen) atoms. The minimum atomic E-state index is -1.22. The van der Waals surface area contributed by atoms with Crippen molar-refractivity contribution >= 4 is 11.6 Å². The molecule has 2 saturated carbocycles. The van der Waals surface area contributed by atoms with Crippen LogP contribution < -0.4 is 9.47 Å². The first-order chi connectivity index (χ1) is 24.1. The molecule has 0 saturated heterocycles. The highest BCUT2D eigenvalue weighted by Gasteiger charge is 2.65. The third-order valence-corrected chi connectivity index (χ3v) is 10.5. The zero-order valence-electron chi connectivity index (χ0n) is 30.8. The Hall–Kier alpha value is -3.14. The maximum absolute atomic E-state index is 14.2. The van der Waals surface area contributed by atoms with E-state index in [1.54, 1.807) is 12.2 Å². The Labute approximate surface area is 299 Å². The van der Waals surface area contributed by atoms with Crippen molar-refractivity contribution in [1.29, 1.82) is 0 Å². The third kappa shape index (κ3) is 8.32. The van der Waals surface area contributed by atoms with E-state index >= 15 is 0 Å². The smallest absolute Gasteiger partial charge is 0.239 e. The van der Waals surface area contributed by atoms with Crippen LogP contribution in [0.2, 0.25) is 0 Å². The first kappa shape index (κ1) is 38.1. The van der Waals surface area contributed by atoms with Crippen LogP contribution in [0.25, 0.3) is 0 Å². The van der Waals surface area contributed by atoms with Crippen LogP contribution in [0.15, 0.2) is 60.3 Å². The SMILES string of the molecule is C=CCOc1ccc2c(c1)[C@H]1[C@H](CCCCO)[C@@H](CCCCO)C=C3C(=NOC(C)(C)C)C[C@H](N(CCC)C(=O)C4CC4)[C@@](OCC=C)(O2)[C@H]31. The fraction of sp³-hybridized carbons (Fsp3) is 0.659. The number of carbonyl (C=O) groups is 1. The second kappa shape index (κ2) is 16.9. The number of benzene rings is 1. The van der Waals surface area contributed by atoms with E-state index in [0.717, 1.165) is 79.7 Å². The van der Waals surface area contributed by atoms with Crippen LogP contribution in [0.1, 0.15) is 103 Å². The highest BCUT2D eigenvalue weighted by atomic mass is 16.7. The lowest BCUT2D eigenvalue weighted by Crippen LogP contribution is -2.70. The largest absolute Gasteiger partial charge is 0.490 e.